The van der Waals surface area contributed by atoms with E-state index in [0.29, 0.717) is 12.0 Å². The molecule has 0 bridgehead atoms. The van der Waals surface area contributed by atoms with Gasteiger partial charge in [0, 0.05) is 31.5 Å². The summed E-state index contributed by atoms with van der Waals surface area (Å²) in [6, 6.07) is 17.5. The fourth-order valence-corrected chi connectivity index (χ4v) is 3.58. The Morgan fingerprint density at radius 1 is 1.12 bits per heavy atom. The summed E-state index contributed by atoms with van der Waals surface area (Å²) >= 11 is 0. The molecule has 3 heterocycles. The summed E-state index contributed by atoms with van der Waals surface area (Å²) in [5.41, 5.74) is 3.71. The standard InChI is InChI=1S/C20H24N4/c1-16-10-13-23(14-17-6-3-2-4-7-17)15-19(16)22-18-9-11-21-24-12-5-8-20(18)24/h2-9,11-12,16,19,22H,10,13-15H2,1H3. The van der Waals surface area contributed by atoms with Gasteiger partial charge in [-0.2, -0.15) is 5.10 Å². The Bertz CT molecular complexity index is 796. The number of aromatic nitrogens is 2. The minimum Gasteiger partial charge on any atom is -0.379 e. The Morgan fingerprint density at radius 2 is 2.00 bits per heavy atom. The first-order chi connectivity index (χ1) is 11.8. The zero-order chi connectivity index (χ0) is 16.4. The SMILES string of the molecule is CC1CCN(Cc2ccccc2)CC1Nc1ccnn2cccc12. The lowest BCUT2D eigenvalue weighted by molar-refractivity contribution is 0.170. The third-order valence-electron chi connectivity index (χ3n) is 5.07. The second-order valence-electron chi connectivity index (χ2n) is 6.82. The normalized spacial score (nSPS) is 21.9. The lowest BCUT2D eigenvalue weighted by Crippen LogP contribution is -2.46. The molecular weight excluding hydrogens is 296 g/mol. The van der Waals surface area contributed by atoms with Crippen molar-refractivity contribution in [3.63, 3.8) is 0 Å². The summed E-state index contributed by atoms with van der Waals surface area (Å²) < 4.78 is 1.93. The first-order valence-electron chi connectivity index (χ1n) is 8.75. The largest absolute Gasteiger partial charge is 0.379 e. The minimum atomic E-state index is 0.462. The Morgan fingerprint density at radius 3 is 2.88 bits per heavy atom. The summed E-state index contributed by atoms with van der Waals surface area (Å²) in [5, 5.41) is 8.12. The van der Waals surface area contributed by atoms with Crippen LogP contribution in [0.3, 0.4) is 0 Å². The van der Waals surface area contributed by atoms with Gasteiger partial charge in [0.05, 0.1) is 11.2 Å². The highest BCUT2D eigenvalue weighted by Crippen LogP contribution is 2.24. The van der Waals surface area contributed by atoms with Crippen LogP contribution >= 0.6 is 0 Å². The molecule has 1 aliphatic heterocycles. The van der Waals surface area contributed by atoms with Gasteiger partial charge in [0.15, 0.2) is 0 Å². The van der Waals surface area contributed by atoms with Gasteiger partial charge in [0.2, 0.25) is 0 Å². The van der Waals surface area contributed by atoms with E-state index >= 15 is 0 Å². The van der Waals surface area contributed by atoms with Crippen LogP contribution in [0.5, 0.6) is 0 Å². The van der Waals surface area contributed by atoms with Crippen LogP contribution in [0, 0.1) is 5.92 Å². The van der Waals surface area contributed by atoms with Crippen molar-refractivity contribution in [3.8, 4) is 0 Å². The van der Waals surface area contributed by atoms with E-state index in [9.17, 15) is 0 Å². The molecule has 0 saturated carbocycles. The van der Waals surface area contributed by atoms with E-state index in [1.807, 2.05) is 23.0 Å². The van der Waals surface area contributed by atoms with Crippen molar-refractivity contribution in [2.24, 2.45) is 5.92 Å². The number of piperidine rings is 1. The zero-order valence-electron chi connectivity index (χ0n) is 14.1. The highest BCUT2D eigenvalue weighted by Gasteiger charge is 2.26. The van der Waals surface area contributed by atoms with Crippen LogP contribution in [0.25, 0.3) is 5.52 Å². The van der Waals surface area contributed by atoms with Crippen LogP contribution in [-0.4, -0.2) is 33.6 Å². The molecule has 1 aliphatic rings. The number of hydrogen-bond acceptors (Lipinski definition) is 3. The molecule has 24 heavy (non-hydrogen) atoms. The number of nitrogens with one attached hydrogen (secondary N) is 1. The van der Waals surface area contributed by atoms with E-state index in [2.05, 4.69) is 64.7 Å². The average Bonchev–Trinajstić information content (AvgIpc) is 3.08. The molecule has 0 aliphatic carbocycles. The molecule has 0 radical (unpaired) electrons. The molecule has 1 saturated heterocycles. The number of rotatable bonds is 4. The van der Waals surface area contributed by atoms with E-state index in [4.69, 9.17) is 0 Å². The van der Waals surface area contributed by atoms with Gasteiger partial charge in [-0.15, -0.1) is 0 Å². The fourth-order valence-electron chi connectivity index (χ4n) is 3.58. The van der Waals surface area contributed by atoms with E-state index in [1.165, 1.54) is 24.2 Å². The van der Waals surface area contributed by atoms with Crippen LogP contribution < -0.4 is 5.32 Å². The molecule has 2 unspecified atom stereocenters. The average molecular weight is 320 g/mol. The molecule has 124 valence electrons. The highest BCUT2D eigenvalue weighted by molar-refractivity contribution is 5.71. The van der Waals surface area contributed by atoms with E-state index in [1.54, 1.807) is 0 Å². The number of anilines is 1. The lowest BCUT2D eigenvalue weighted by atomic mass is 9.93. The first kappa shape index (κ1) is 15.2. The Hall–Kier alpha value is -2.33. The van der Waals surface area contributed by atoms with Crippen molar-refractivity contribution in [1.82, 2.24) is 14.5 Å². The van der Waals surface area contributed by atoms with Crippen molar-refractivity contribution < 1.29 is 0 Å². The molecule has 4 rings (SSSR count). The van der Waals surface area contributed by atoms with Gasteiger partial charge in [0.25, 0.3) is 0 Å². The molecule has 2 aromatic heterocycles. The van der Waals surface area contributed by atoms with Crippen LogP contribution in [0.2, 0.25) is 0 Å². The number of likely N-dealkylation sites (tertiary alicyclic amines) is 1. The fraction of sp³-hybridized carbons (Fsp3) is 0.350. The molecular formula is C20H24N4. The number of nitrogens with zero attached hydrogens (tertiary/aromatic N) is 3. The van der Waals surface area contributed by atoms with Gasteiger partial charge >= 0.3 is 0 Å². The molecule has 1 N–H and O–H groups in total. The highest BCUT2D eigenvalue weighted by atomic mass is 15.2. The van der Waals surface area contributed by atoms with Gasteiger partial charge in [-0.25, -0.2) is 4.52 Å². The monoisotopic (exact) mass is 320 g/mol. The quantitative estimate of drug-likeness (QED) is 0.796. The zero-order valence-corrected chi connectivity index (χ0v) is 14.1. The van der Waals surface area contributed by atoms with Crippen molar-refractivity contribution in [2.75, 3.05) is 18.4 Å². The summed E-state index contributed by atoms with van der Waals surface area (Å²) in [6.45, 7) is 5.63. The van der Waals surface area contributed by atoms with Crippen LogP contribution in [0.1, 0.15) is 18.9 Å². The van der Waals surface area contributed by atoms with Crippen molar-refractivity contribution in [2.45, 2.75) is 25.9 Å². The number of hydrogen-bond donors (Lipinski definition) is 1. The molecule has 1 aromatic carbocycles. The predicted molar refractivity (Wildman–Crippen MR) is 98.1 cm³/mol. The molecule has 2 atom stereocenters. The van der Waals surface area contributed by atoms with E-state index < -0.39 is 0 Å². The van der Waals surface area contributed by atoms with Gasteiger partial charge in [-0.1, -0.05) is 37.3 Å². The summed E-state index contributed by atoms with van der Waals surface area (Å²) in [5.74, 6) is 0.667. The van der Waals surface area contributed by atoms with Crippen LogP contribution in [-0.2, 0) is 6.54 Å². The summed E-state index contributed by atoms with van der Waals surface area (Å²) in [6.07, 6.45) is 5.09. The van der Waals surface area contributed by atoms with Gasteiger partial charge in [-0.05, 0) is 42.6 Å². The third kappa shape index (κ3) is 3.15. The number of fused-ring (bicyclic) bond motifs is 1. The molecule has 0 spiro atoms. The van der Waals surface area contributed by atoms with E-state index in [-0.39, 0.29) is 0 Å². The second-order valence-corrected chi connectivity index (χ2v) is 6.82. The Balaban J connectivity index is 1.48. The smallest absolute Gasteiger partial charge is 0.0878 e. The lowest BCUT2D eigenvalue weighted by Gasteiger charge is -2.38. The van der Waals surface area contributed by atoms with Gasteiger partial charge in [0.1, 0.15) is 0 Å². The Kier molecular flexibility index (Phi) is 4.22. The summed E-state index contributed by atoms with van der Waals surface area (Å²) in [7, 11) is 0. The Labute approximate surface area is 143 Å². The van der Waals surface area contributed by atoms with Crippen LogP contribution in [0.15, 0.2) is 60.9 Å². The van der Waals surface area contributed by atoms with Gasteiger partial charge < -0.3 is 5.32 Å². The molecule has 4 nitrogen and oxygen atoms in total. The molecule has 1 fully saturated rings. The maximum Gasteiger partial charge on any atom is 0.0878 e. The third-order valence-corrected chi connectivity index (χ3v) is 5.07. The van der Waals surface area contributed by atoms with Crippen molar-refractivity contribution >= 4 is 11.2 Å². The van der Waals surface area contributed by atoms with E-state index in [0.717, 1.165) is 18.6 Å². The predicted octanol–water partition coefficient (Wildman–Crippen LogP) is 3.66. The molecule has 4 heteroatoms. The topological polar surface area (TPSA) is 32.6 Å². The molecule has 0 amide bonds. The number of benzene rings is 1. The summed E-state index contributed by atoms with van der Waals surface area (Å²) in [4.78, 5) is 2.56. The van der Waals surface area contributed by atoms with Crippen molar-refractivity contribution in [3.05, 3.63) is 66.5 Å². The molecule has 3 aromatic rings. The maximum absolute atomic E-state index is 4.35. The van der Waals surface area contributed by atoms with Gasteiger partial charge in [-0.3, -0.25) is 4.90 Å². The second kappa shape index (κ2) is 6.65. The first-order valence-corrected chi connectivity index (χ1v) is 8.75. The van der Waals surface area contributed by atoms with Crippen LogP contribution in [0.4, 0.5) is 5.69 Å². The maximum atomic E-state index is 4.35. The van der Waals surface area contributed by atoms with Crippen molar-refractivity contribution in [1.29, 1.82) is 0 Å². The minimum absolute atomic E-state index is 0.462.